The number of halogens is 2. The predicted octanol–water partition coefficient (Wildman–Crippen LogP) is 4.48. The number of benzene rings is 3. The fourth-order valence-electron chi connectivity index (χ4n) is 5.45. The van der Waals surface area contributed by atoms with Crippen LogP contribution >= 0.6 is 11.6 Å². The first kappa shape index (κ1) is 21.8. The van der Waals surface area contributed by atoms with Crippen molar-refractivity contribution in [2.45, 2.75) is 18.6 Å². The van der Waals surface area contributed by atoms with Crippen LogP contribution in [0.5, 0.6) is 0 Å². The lowest BCUT2D eigenvalue weighted by molar-refractivity contribution is -0.127. The monoisotopic (exact) mass is 489 g/mol. The van der Waals surface area contributed by atoms with Gasteiger partial charge in [-0.2, -0.15) is 0 Å². The summed E-state index contributed by atoms with van der Waals surface area (Å²) < 4.78 is 20.0. The molecule has 3 aromatic carbocycles. The number of hydrogen-bond acceptors (Lipinski definition) is 5. The Bertz CT molecular complexity index is 1430. The van der Waals surface area contributed by atoms with Gasteiger partial charge in [0, 0.05) is 11.1 Å². The van der Waals surface area contributed by atoms with Crippen molar-refractivity contribution in [3.63, 3.8) is 0 Å². The van der Waals surface area contributed by atoms with Gasteiger partial charge in [0.25, 0.3) is 0 Å². The van der Waals surface area contributed by atoms with Crippen LogP contribution < -0.4 is 4.90 Å². The molecule has 35 heavy (non-hydrogen) atoms. The van der Waals surface area contributed by atoms with Gasteiger partial charge in [-0.25, -0.2) is 9.29 Å². The summed E-state index contributed by atoms with van der Waals surface area (Å²) >= 11 is 5.92. The van der Waals surface area contributed by atoms with E-state index < -0.39 is 52.7 Å². The van der Waals surface area contributed by atoms with E-state index in [0.717, 1.165) is 16.5 Å². The highest BCUT2D eigenvalue weighted by molar-refractivity contribution is 6.37. The first-order valence-corrected chi connectivity index (χ1v) is 11.4. The van der Waals surface area contributed by atoms with Crippen molar-refractivity contribution in [3.05, 3.63) is 99.8 Å². The minimum absolute atomic E-state index is 0.0639. The Hall–Kier alpha value is -3.68. The molecule has 0 bridgehead atoms. The summed E-state index contributed by atoms with van der Waals surface area (Å²) in [6.07, 6.45) is -1.01. The second-order valence-corrected chi connectivity index (χ2v) is 9.41. The van der Waals surface area contributed by atoms with E-state index in [2.05, 4.69) is 0 Å². The minimum Gasteiger partial charge on any atom is -0.349 e. The van der Waals surface area contributed by atoms with E-state index in [4.69, 9.17) is 16.3 Å². The highest BCUT2D eigenvalue weighted by atomic mass is 35.5. The van der Waals surface area contributed by atoms with Gasteiger partial charge in [-0.3, -0.25) is 19.2 Å². The normalized spacial score (nSPS) is 24.4. The Morgan fingerprint density at radius 2 is 1.51 bits per heavy atom. The van der Waals surface area contributed by atoms with E-state index >= 15 is 0 Å². The molecule has 2 aliphatic heterocycles. The van der Waals surface area contributed by atoms with E-state index in [1.807, 2.05) is 19.1 Å². The quantitative estimate of drug-likeness (QED) is 0.391. The van der Waals surface area contributed by atoms with Crippen LogP contribution in [0.2, 0.25) is 5.02 Å². The van der Waals surface area contributed by atoms with E-state index in [0.29, 0.717) is 5.56 Å². The van der Waals surface area contributed by atoms with Gasteiger partial charge in [-0.1, -0.05) is 65.7 Å². The van der Waals surface area contributed by atoms with Crippen molar-refractivity contribution < 1.29 is 28.3 Å². The molecule has 3 aromatic rings. The molecule has 3 aliphatic rings. The van der Waals surface area contributed by atoms with Crippen LogP contribution in [0.4, 0.5) is 10.1 Å². The first-order valence-electron chi connectivity index (χ1n) is 11.0. The first-order chi connectivity index (χ1) is 16.8. The lowest BCUT2D eigenvalue weighted by atomic mass is 9.77. The van der Waals surface area contributed by atoms with Gasteiger partial charge in [0.15, 0.2) is 0 Å². The second-order valence-electron chi connectivity index (χ2n) is 9.00. The Labute approximate surface area is 204 Å². The van der Waals surface area contributed by atoms with E-state index in [1.165, 1.54) is 24.3 Å². The summed E-state index contributed by atoms with van der Waals surface area (Å²) in [6, 6.07) is 16.9. The molecule has 0 unspecified atom stereocenters. The highest BCUT2D eigenvalue weighted by Crippen LogP contribution is 2.57. The van der Waals surface area contributed by atoms with Gasteiger partial charge in [0.05, 0.1) is 28.6 Å². The van der Waals surface area contributed by atoms with Crippen molar-refractivity contribution in [2.24, 2.45) is 11.8 Å². The van der Waals surface area contributed by atoms with Crippen LogP contribution in [-0.4, -0.2) is 29.0 Å². The van der Waals surface area contributed by atoms with E-state index in [9.17, 15) is 23.6 Å². The molecule has 8 heteroatoms. The summed E-state index contributed by atoms with van der Waals surface area (Å²) in [7, 11) is 0. The molecule has 174 valence electrons. The molecule has 1 spiro atoms. The highest BCUT2D eigenvalue weighted by Gasteiger charge is 2.74. The summed E-state index contributed by atoms with van der Waals surface area (Å²) in [5, 5.41) is -0.262. The smallest absolute Gasteiger partial charge is 0.241 e. The predicted molar refractivity (Wildman–Crippen MR) is 124 cm³/mol. The average molecular weight is 490 g/mol. The largest absolute Gasteiger partial charge is 0.349 e. The molecule has 0 aromatic heterocycles. The number of anilines is 1. The van der Waals surface area contributed by atoms with Crippen LogP contribution in [0, 0.1) is 24.6 Å². The number of hydrogen-bond donors (Lipinski definition) is 0. The Balaban J connectivity index is 1.54. The molecule has 1 aliphatic carbocycles. The van der Waals surface area contributed by atoms with Gasteiger partial charge >= 0.3 is 0 Å². The number of carbonyl (C=O) groups excluding carboxylic acids is 4. The SMILES string of the molecule is Cc1ccc([C@@H]2OC3(C(=O)c4ccccc4C3=O)[C@@H]3C(=O)N(c4ccc(F)c(Cl)c4)C(=O)[C@@H]32)cc1. The van der Waals surface area contributed by atoms with Crippen molar-refractivity contribution in [1.29, 1.82) is 0 Å². The number of ketones is 2. The van der Waals surface area contributed by atoms with Crippen LogP contribution in [0.1, 0.15) is 37.9 Å². The fourth-order valence-corrected chi connectivity index (χ4v) is 5.63. The number of ether oxygens (including phenoxy) is 1. The van der Waals surface area contributed by atoms with E-state index in [1.54, 1.807) is 24.3 Å². The molecule has 0 saturated carbocycles. The lowest BCUT2D eigenvalue weighted by Crippen LogP contribution is -2.51. The topological polar surface area (TPSA) is 80.8 Å². The molecule has 2 fully saturated rings. The molecule has 0 radical (unpaired) electrons. The lowest BCUT2D eigenvalue weighted by Gasteiger charge is -2.27. The number of Topliss-reactive ketones (excluding diaryl/α,β-unsaturated/α-hetero) is 2. The fraction of sp³-hybridized carbons (Fsp3) is 0.185. The zero-order valence-electron chi connectivity index (χ0n) is 18.3. The molecule has 3 atom stereocenters. The number of nitrogens with zero attached hydrogens (tertiary/aromatic N) is 1. The van der Waals surface area contributed by atoms with Crippen molar-refractivity contribution in [3.8, 4) is 0 Å². The molecule has 2 saturated heterocycles. The van der Waals surface area contributed by atoms with Crippen molar-refractivity contribution in [2.75, 3.05) is 4.90 Å². The molecule has 0 N–H and O–H groups in total. The minimum atomic E-state index is -2.16. The van der Waals surface area contributed by atoms with Gasteiger partial charge < -0.3 is 4.74 Å². The number of rotatable bonds is 2. The van der Waals surface area contributed by atoms with Gasteiger partial charge in [0.2, 0.25) is 29.0 Å². The number of imide groups is 1. The number of amides is 2. The van der Waals surface area contributed by atoms with Gasteiger partial charge in [-0.15, -0.1) is 0 Å². The maximum Gasteiger partial charge on any atom is 0.241 e. The van der Waals surface area contributed by atoms with E-state index in [-0.39, 0.29) is 21.8 Å². The molecular formula is C27H17ClFNO5. The zero-order valence-corrected chi connectivity index (χ0v) is 19.1. The summed E-state index contributed by atoms with van der Waals surface area (Å²) in [5.74, 6) is -5.88. The van der Waals surface area contributed by atoms with Crippen LogP contribution in [-0.2, 0) is 14.3 Å². The second kappa shape index (κ2) is 7.41. The van der Waals surface area contributed by atoms with Gasteiger partial charge in [-0.05, 0) is 30.7 Å². The maximum absolute atomic E-state index is 13.8. The zero-order chi connectivity index (χ0) is 24.6. The average Bonchev–Trinajstić information content (AvgIpc) is 3.41. The summed E-state index contributed by atoms with van der Waals surface area (Å²) in [4.78, 5) is 55.8. The third-order valence-corrected chi connectivity index (χ3v) is 7.38. The standard InChI is InChI=1S/C27H17ClFNO5/c1-13-6-8-14(9-7-13)22-20-21(26(34)30(25(20)33)15-10-11-19(29)18(28)12-15)27(35-22)23(31)16-4-2-3-5-17(16)24(27)32/h2-12,20-22H,1H3/t20-,21-,22-/m0/s1. The number of fused-ring (bicyclic) bond motifs is 3. The Kier molecular flexibility index (Phi) is 4.62. The summed E-state index contributed by atoms with van der Waals surface area (Å²) in [5.41, 5.74) is -0.244. The molecular weight excluding hydrogens is 473 g/mol. The molecule has 6 nitrogen and oxygen atoms in total. The van der Waals surface area contributed by atoms with Crippen LogP contribution in [0.25, 0.3) is 0 Å². The maximum atomic E-state index is 13.8. The third kappa shape index (κ3) is 2.79. The van der Waals surface area contributed by atoms with Crippen LogP contribution in [0.3, 0.4) is 0 Å². The van der Waals surface area contributed by atoms with Crippen molar-refractivity contribution >= 4 is 40.7 Å². The number of aryl methyl sites for hydroxylation is 1. The molecule has 2 heterocycles. The summed E-state index contributed by atoms with van der Waals surface area (Å²) in [6.45, 7) is 1.90. The van der Waals surface area contributed by atoms with Gasteiger partial charge in [0.1, 0.15) is 5.82 Å². The van der Waals surface area contributed by atoms with Crippen LogP contribution in [0.15, 0.2) is 66.7 Å². The van der Waals surface area contributed by atoms with Crippen molar-refractivity contribution in [1.82, 2.24) is 0 Å². The number of carbonyl (C=O) groups is 4. The molecule has 6 rings (SSSR count). The third-order valence-electron chi connectivity index (χ3n) is 7.09. The molecule has 2 amide bonds. The Morgan fingerprint density at radius 1 is 0.886 bits per heavy atom. The Morgan fingerprint density at radius 3 is 2.11 bits per heavy atom.